The van der Waals surface area contributed by atoms with Crippen LogP contribution in [0.4, 0.5) is 0 Å². The van der Waals surface area contributed by atoms with Crippen LogP contribution >= 0.6 is 0 Å². The molecule has 1 amide bonds. The van der Waals surface area contributed by atoms with Crippen LogP contribution in [0.15, 0.2) is 54.6 Å². The molecule has 0 aliphatic rings. The summed E-state index contributed by atoms with van der Waals surface area (Å²) >= 11 is 0. The van der Waals surface area contributed by atoms with Crippen molar-refractivity contribution in [3.05, 3.63) is 60.3 Å². The van der Waals surface area contributed by atoms with E-state index in [1.54, 1.807) is 0 Å². The molecule has 0 heterocycles. The molecule has 3 rings (SSSR count). The van der Waals surface area contributed by atoms with E-state index in [1.165, 1.54) is 21.5 Å². The SMILES string of the molecule is CCCCCC([NH-])=O.C[Si]C.[Cl-].[Cl-].[Ti+4].c1ccc2c(c1)[cH-]c1ccccc12. The quantitative estimate of drug-likeness (QED) is 0.323. The van der Waals surface area contributed by atoms with Crippen LogP contribution in [0, 0.1) is 0 Å². The molecule has 0 atom stereocenters. The van der Waals surface area contributed by atoms with Gasteiger partial charge in [-0.05, 0) is 12.8 Å². The Bertz CT molecular complexity index is 699. The normalized spacial score (nSPS) is 8.70. The Kier molecular flexibility index (Phi) is 21.4. The van der Waals surface area contributed by atoms with Crippen molar-refractivity contribution in [1.82, 2.24) is 0 Å². The molecule has 0 saturated heterocycles. The summed E-state index contributed by atoms with van der Waals surface area (Å²) in [5.74, 6) is -0.432. The first-order chi connectivity index (χ1) is 11.6. The van der Waals surface area contributed by atoms with Crippen molar-refractivity contribution in [2.45, 2.75) is 45.7 Å². The summed E-state index contributed by atoms with van der Waals surface area (Å²) in [5.41, 5.74) is 6.52. The number of hydrogen-bond acceptors (Lipinski definition) is 1. The third-order valence-electron chi connectivity index (χ3n) is 3.53. The number of benzene rings is 2. The van der Waals surface area contributed by atoms with Crippen molar-refractivity contribution >= 4 is 37.0 Å². The topological polar surface area (TPSA) is 40.9 Å². The average Bonchev–Trinajstić information content (AvgIpc) is 2.95. The molecule has 144 valence electrons. The van der Waals surface area contributed by atoms with Crippen molar-refractivity contribution in [3.63, 3.8) is 0 Å². The maximum atomic E-state index is 9.99. The van der Waals surface area contributed by atoms with E-state index in [1.807, 2.05) is 0 Å². The molecular weight excluding hydrogens is 429 g/mol. The van der Waals surface area contributed by atoms with Crippen LogP contribution in [0.2, 0.25) is 13.1 Å². The molecule has 0 bridgehead atoms. The number of unbranched alkanes of at least 4 members (excludes halogenated alkanes) is 2. The van der Waals surface area contributed by atoms with Crippen molar-refractivity contribution in [1.29, 1.82) is 0 Å². The molecule has 3 aromatic rings. The second-order valence-electron chi connectivity index (χ2n) is 5.70. The molecule has 2 radical (unpaired) electrons. The van der Waals surface area contributed by atoms with Gasteiger partial charge in [-0.1, -0.05) is 69.3 Å². The second kappa shape index (κ2) is 18.6. The number of rotatable bonds is 4. The van der Waals surface area contributed by atoms with Crippen LogP contribution in [-0.2, 0) is 26.5 Å². The summed E-state index contributed by atoms with van der Waals surface area (Å²) in [6.07, 6.45) is 3.52. The van der Waals surface area contributed by atoms with Gasteiger partial charge in [0.25, 0.3) is 0 Å². The first-order valence-corrected chi connectivity index (χ1v) is 10.5. The molecule has 0 aliphatic carbocycles. The van der Waals surface area contributed by atoms with Gasteiger partial charge in [0.15, 0.2) is 0 Å². The standard InChI is InChI=1S/C13H9.C6H13NO.C2H6Si.2ClH.Ti/c1-3-7-12-10(5-1)9-11-6-2-4-8-13(11)12;1-2-3-4-5-6(7)8;1-3-2;;;/h1-9H;2-5H2,1H3,(H2,7,8);1-2H3;2*1H;/q-1;;;;;+4/p-3. The fourth-order valence-corrected chi connectivity index (χ4v) is 2.44. The Labute approximate surface area is 193 Å². The van der Waals surface area contributed by atoms with Gasteiger partial charge >= 0.3 is 21.7 Å². The van der Waals surface area contributed by atoms with Gasteiger partial charge in [0.1, 0.15) is 0 Å². The molecule has 1 N–H and O–H groups in total. The second-order valence-corrected chi connectivity index (χ2v) is 6.70. The van der Waals surface area contributed by atoms with E-state index in [4.69, 9.17) is 5.73 Å². The van der Waals surface area contributed by atoms with Crippen molar-refractivity contribution in [2.75, 3.05) is 0 Å². The van der Waals surface area contributed by atoms with Crippen molar-refractivity contribution in [3.8, 4) is 0 Å². The zero-order valence-electron chi connectivity index (χ0n) is 16.2. The molecular formula is C21H27Cl2NOSiTi. The number of nitrogens with one attached hydrogen (secondary N) is 1. The van der Waals surface area contributed by atoms with Crippen LogP contribution in [0.5, 0.6) is 0 Å². The Hall–Kier alpha value is -0.709. The monoisotopic (exact) mass is 455 g/mol. The molecule has 0 fully saturated rings. The summed E-state index contributed by atoms with van der Waals surface area (Å²) in [7, 11) is 1.08. The fraction of sp³-hybridized carbons (Fsp3) is 0.333. The van der Waals surface area contributed by atoms with Crippen LogP contribution in [0.1, 0.15) is 32.6 Å². The third kappa shape index (κ3) is 11.7. The number of halogens is 2. The van der Waals surface area contributed by atoms with Crippen LogP contribution in [-0.4, -0.2) is 15.4 Å². The van der Waals surface area contributed by atoms with Crippen LogP contribution in [0.25, 0.3) is 27.3 Å². The van der Waals surface area contributed by atoms with Gasteiger partial charge in [-0.3, -0.25) is 0 Å². The van der Waals surface area contributed by atoms with Crippen LogP contribution < -0.4 is 24.8 Å². The first-order valence-electron chi connectivity index (χ1n) is 8.50. The molecule has 0 aromatic heterocycles. The summed E-state index contributed by atoms with van der Waals surface area (Å²) in [6, 6.07) is 19.3. The minimum Gasteiger partial charge on any atom is -1.00 e. The van der Waals surface area contributed by atoms with Gasteiger partial charge in [-0.2, -0.15) is 0 Å². The summed E-state index contributed by atoms with van der Waals surface area (Å²) in [4.78, 5) is 9.99. The average molecular weight is 456 g/mol. The van der Waals surface area contributed by atoms with E-state index in [0.717, 1.165) is 28.8 Å². The zero-order valence-corrected chi connectivity index (χ0v) is 20.3. The van der Waals surface area contributed by atoms with Gasteiger partial charge in [0.05, 0.1) is 0 Å². The van der Waals surface area contributed by atoms with E-state index in [2.05, 4.69) is 74.6 Å². The predicted octanol–water partition coefficient (Wildman–Crippen LogP) is 0.650. The minimum atomic E-state index is -0.432. The Morgan fingerprint density at radius 3 is 1.70 bits per heavy atom. The number of amides is 1. The maximum absolute atomic E-state index is 9.99. The summed E-state index contributed by atoms with van der Waals surface area (Å²) < 4.78 is 0. The maximum Gasteiger partial charge on any atom is 4.00 e. The molecule has 0 aliphatic heterocycles. The third-order valence-corrected chi connectivity index (χ3v) is 3.53. The number of fused-ring (bicyclic) bond motifs is 3. The summed E-state index contributed by atoms with van der Waals surface area (Å²) in [5, 5.41) is 5.39. The van der Waals surface area contributed by atoms with E-state index in [0.29, 0.717) is 6.42 Å². The molecule has 27 heavy (non-hydrogen) atoms. The predicted molar refractivity (Wildman–Crippen MR) is 108 cm³/mol. The summed E-state index contributed by atoms with van der Waals surface area (Å²) in [6.45, 7) is 6.38. The van der Waals surface area contributed by atoms with E-state index < -0.39 is 5.91 Å². The molecule has 0 spiro atoms. The largest absolute Gasteiger partial charge is 4.00 e. The van der Waals surface area contributed by atoms with E-state index in [-0.39, 0.29) is 46.5 Å². The molecule has 0 unspecified atom stereocenters. The van der Waals surface area contributed by atoms with Crippen LogP contribution in [0.3, 0.4) is 0 Å². The van der Waals surface area contributed by atoms with Crippen molar-refractivity contribution in [2.24, 2.45) is 0 Å². The van der Waals surface area contributed by atoms with Gasteiger partial charge in [-0.15, -0.1) is 39.7 Å². The molecule has 6 heteroatoms. The Morgan fingerprint density at radius 2 is 1.33 bits per heavy atom. The Morgan fingerprint density at radius 1 is 0.926 bits per heavy atom. The van der Waals surface area contributed by atoms with Gasteiger partial charge in [0, 0.05) is 15.4 Å². The first kappa shape index (κ1) is 31.0. The smallest absolute Gasteiger partial charge is 1.00 e. The number of carbonyl (C=O) groups excluding carboxylic acids is 1. The van der Waals surface area contributed by atoms with E-state index >= 15 is 0 Å². The van der Waals surface area contributed by atoms with Gasteiger partial charge in [0.2, 0.25) is 0 Å². The zero-order chi connectivity index (χ0) is 17.8. The molecule has 3 aromatic carbocycles. The fourth-order valence-electron chi connectivity index (χ4n) is 2.44. The van der Waals surface area contributed by atoms with E-state index in [9.17, 15) is 4.79 Å². The molecule has 2 nitrogen and oxygen atoms in total. The van der Waals surface area contributed by atoms with Gasteiger partial charge in [-0.25, -0.2) is 0 Å². The number of hydrogen-bond donors (Lipinski definition) is 0. The van der Waals surface area contributed by atoms with Gasteiger partial charge < -0.3 is 35.3 Å². The minimum absolute atomic E-state index is 0. The van der Waals surface area contributed by atoms with Crippen molar-refractivity contribution < 1.29 is 51.3 Å². The molecule has 0 saturated carbocycles. The number of carbonyl (C=O) groups is 1. The Balaban J connectivity index is -0.000000366.